The summed E-state index contributed by atoms with van der Waals surface area (Å²) in [4.78, 5) is 12.5. The number of aryl methyl sites for hydroxylation is 2. The molecule has 0 saturated heterocycles. The third-order valence-corrected chi connectivity index (χ3v) is 4.92. The van der Waals surface area contributed by atoms with Crippen LogP contribution in [-0.4, -0.2) is 12.5 Å². The summed E-state index contributed by atoms with van der Waals surface area (Å²) in [5.41, 5.74) is 4.43. The maximum Gasteiger partial charge on any atom is 0.251 e. The molecule has 0 atom stereocenters. The Labute approximate surface area is 132 Å². The van der Waals surface area contributed by atoms with Gasteiger partial charge in [0.25, 0.3) is 5.91 Å². The van der Waals surface area contributed by atoms with Gasteiger partial charge in [-0.2, -0.15) is 0 Å². The van der Waals surface area contributed by atoms with E-state index in [1.807, 2.05) is 38.1 Å². The molecule has 114 valence electrons. The first-order valence-corrected chi connectivity index (χ1v) is 8.02. The summed E-state index contributed by atoms with van der Waals surface area (Å²) in [5.74, 6) is 0.0448. The van der Waals surface area contributed by atoms with Gasteiger partial charge in [-0.05, 0) is 43.9 Å². The zero-order chi connectivity index (χ0) is 15.6. The predicted molar refractivity (Wildman–Crippen MR) is 90.2 cm³/mol. The molecule has 0 unspecified atom stereocenters. The predicted octanol–water partition coefficient (Wildman–Crippen LogP) is 4.16. The molecule has 1 aliphatic rings. The van der Waals surface area contributed by atoms with Crippen molar-refractivity contribution in [1.29, 1.82) is 0 Å². The smallest absolute Gasteiger partial charge is 0.251 e. The quantitative estimate of drug-likeness (QED) is 0.901. The molecule has 0 bridgehead atoms. The molecule has 0 heterocycles. The first-order valence-electron chi connectivity index (χ1n) is 8.02. The average Bonchev–Trinajstić information content (AvgIpc) is 2.49. The molecule has 1 fully saturated rings. The van der Waals surface area contributed by atoms with Gasteiger partial charge in [-0.15, -0.1) is 0 Å². The van der Waals surface area contributed by atoms with E-state index in [0.717, 1.165) is 36.1 Å². The number of hydrogen-bond donors (Lipinski definition) is 1. The molecule has 2 aromatic carbocycles. The summed E-state index contributed by atoms with van der Waals surface area (Å²) in [6.45, 7) is 4.74. The lowest BCUT2D eigenvalue weighted by Gasteiger charge is -2.42. The number of nitrogens with one attached hydrogen (secondary N) is 1. The minimum atomic E-state index is 0.0448. The molecule has 1 N–H and O–H groups in total. The summed E-state index contributed by atoms with van der Waals surface area (Å²) in [5, 5.41) is 3.17. The van der Waals surface area contributed by atoms with Crippen LogP contribution < -0.4 is 5.32 Å². The molecule has 0 radical (unpaired) electrons. The number of benzene rings is 2. The third kappa shape index (κ3) is 2.78. The third-order valence-electron chi connectivity index (χ3n) is 4.92. The maximum absolute atomic E-state index is 12.5. The van der Waals surface area contributed by atoms with Crippen molar-refractivity contribution in [2.24, 2.45) is 0 Å². The van der Waals surface area contributed by atoms with E-state index in [4.69, 9.17) is 0 Å². The Bertz CT molecular complexity index is 671. The number of amides is 1. The normalized spacial score (nSPS) is 15.9. The van der Waals surface area contributed by atoms with Gasteiger partial charge in [0, 0.05) is 17.5 Å². The largest absolute Gasteiger partial charge is 0.351 e. The lowest BCUT2D eigenvalue weighted by molar-refractivity contribution is 0.0927. The van der Waals surface area contributed by atoms with Crippen LogP contribution >= 0.6 is 0 Å². The number of carbonyl (C=O) groups excluding carboxylic acids is 1. The summed E-state index contributed by atoms with van der Waals surface area (Å²) < 4.78 is 0. The second kappa shape index (κ2) is 5.96. The van der Waals surface area contributed by atoms with E-state index in [2.05, 4.69) is 29.6 Å². The van der Waals surface area contributed by atoms with Crippen LogP contribution in [0.25, 0.3) is 0 Å². The van der Waals surface area contributed by atoms with Gasteiger partial charge in [0.1, 0.15) is 0 Å². The van der Waals surface area contributed by atoms with Crippen molar-refractivity contribution in [2.75, 3.05) is 6.54 Å². The first-order chi connectivity index (χ1) is 10.6. The van der Waals surface area contributed by atoms with Crippen LogP contribution in [0, 0.1) is 13.8 Å². The van der Waals surface area contributed by atoms with E-state index in [0.29, 0.717) is 0 Å². The highest BCUT2D eigenvalue weighted by Gasteiger charge is 2.38. The molecular weight excluding hydrogens is 270 g/mol. The van der Waals surface area contributed by atoms with E-state index in [-0.39, 0.29) is 11.3 Å². The van der Waals surface area contributed by atoms with Gasteiger partial charge in [0.15, 0.2) is 0 Å². The molecule has 2 heteroatoms. The molecule has 0 aromatic heterocycles. The molecule has 3 rings (SSSR count). The highest BCUT2D eigenvalue weighted by Crippen LogP contribution is 2.43. The molecular formula is C20H23NO. The average molecular weight is 293 g/mol. The Balaban J connectivity index is 1.74. The summed E-state index contributed by atoms with van der Waals surface area (Å²) in [6, 6.07) is 16.6. The summed E-state index contributed by atoms with van der Waals surface area (Å²) >= 11 is 0. The SMILES string of the molecule is Cc1ccc(C)c(C(=O)NCC2(c3ccccc3)CCC2)c1. The molecule has 1 saturated carbocycles. The summed E-state index contributed by atoms with van der Waals surface area (Å²) in [6.07, 6.45) is 3.56. The fourth-order valence-corrected chi connectivity index (χ4v) is 3.29. The van der Waals surface area contributed by atoms with Crippen LogP contribution in [0.2, 0.25) is 0 Å². The Kier molecular flexibility index (Phi) is 4.02. The van der Waals surface area contributed by atoms with Crippen molar-refractivity contribution in [2.45, 2.75) is 38.5 Å². The van der Waals surface area contributed by atoms with Crippen molar-refractivity contribution < 1.29 is 4.79 Å². The van der Waals surface area contributed by atoms with Crippen molar-refractivity contribution in [3.8, 4) is 0 Å². The lowest BCUT2D eigenvalue weighted by Crippen LogP contribution is -2.45. The van der Waals surface area contributed by atoms with Gasteiger partial charge in [0.2, 0.25) is 0 Å². The van der Waals surface area contributed by atoms with Crippen LogP contribution in [0.15, 0.2) is 48.5 Å². The van der Waals surface area contributed by atoms with Crippen LogP contribution in [0.4, 0.5) is 0 Å². The Morgan fingerprint density at radius 2 is 1.82 bits per heavy atom. The molecule has 2 aromatic rings. The Hall–Kier alpha value is -2.09. The van der Waals surface area contributed by atoms with Gasteiger partial charge in [-0.25, -0.2) is 0 Å². The maximum atomic E-state index is 12.5. The molecule has 0 spiro atoms. The zero-order valence-electron chi connectivity index (χ0n) is 13.4. The van der Waals surface area contributed by atoms with Gasteiger partial charge in [0.05, 0.1) is 0 Å². The van der Waals surface area contributed by atoms with Crippen molar-refractivity contribution in [3.63, 3.8) is 0 Å². The monoisotopic (exact) mass is 293 g/mol. The van der Waals surface area contributed by atoms with Crippen molar-refractivity contribution in [1.82, 2.24) is 5.32 Å². The fraction of sp³-hybridized carbons (Fsp3) is 0.350. The molecule has 1 aliphatic carbocycles. The summed E-state index contributed by atoms with van der Waals surface area (Å²) in [7, 11) is 0. The number of rotatable bonds is 4. The van der Waals surface area contributed by atoms with Gasteiger partial charge in [-0.1, -0.05) is 54.4 Å². The van der Waals surface area contributed by atoms with E-state index < -0.39 is 0 Å². The minimum Gasteiger partial charge on any atom is -0.351 e. The second-order valence-electron chi connectivity index (χ2n) is 6.50. The fourth-order valence-electron chi connectivity index (χ4n) is 3.29. The minimum absolute atomic E-state index is 0.0448. The van der Waals surface area contributed by atoms with Crippen LogP contribution in [0.3, 0.4) is 0 Å². The van der Waals surface area contributed by atoms with Crippen LogP contribution in [0.1, 0.15) is 46.3 Å². The Morgan fingerprint density at radius 1 is 1.09 bits per heavy atom. The van der Waals surface area contributed by atoms with E-state index in [1.165, 1.54) is 12.0 Å². The lowest BCUT2D eigenvalue weighted by atomic mass is 9.64. The molecule has 2 nitrogen and oxygen atoms in total. The van der Waals surface area contributed by atoms with E-state index >= 15 is 0 Å². The van der Waals surface area contributed by atoms with Gasteiger partial charge < -0.3 is 5.32 Å². The van der Waals surface area contributed by atoms with Crippen LogP contribution in [-0.2, 0) is 5.41 Å². The van der Waals surface area contributed by atoms with Crippen LogP contribution in [0.5, 0.6) is 0 Å². The number of carbonyl (C=O) groups is 1. The van der Waals surface area contributed by atoms with E-state index in [9.17, 15) is 4.79 Å². The first kappa shape index (κ1) is 14.8. The van der Waals surface area contributed by atoms with Crippen molar-refractivity contribution >= 4 is 5.91 Å². The molecule has 0 aliphatic heterocycles. The highest BCUT2D eigenvalue weighted by atomic mass is 16.1. The highest BCUT2D eigenvalue weighted by molar-refractivity contribution is 5.95. The number of hydrogen-bond acceptors (Lipinski definition) is 1. The van der Waals surface area contributed by atoms with Gasteiger partial charge in [-0.3, -0.25) is 4.79 Å². The topological polar surface area (TPSA) is 29.1 Å². The zero-order valence-corrected chi connectivity index (χ0v) is 13.4. The standard InChI is InChI=1S/C20H23NO/c1-15-9-10-16(2)18(13-15)19(22)21-14-20(11-6-12-20)17-7-4-3-5-8-17/h3-5,7-10,13H,6,11-12,14H2,1-2H3,(H,21,22). The molecule has 22 heavy (non-hydrogen) atoms. The second-order valence-corrected chi connectivity index (χ2v) is 6.50. The van der Waals surface area contributed by atoms with E-state index in [1.54, 1.807) is 0 Å². The Morgan fingerprint density at radius 3 is 2.45 bits per heavy atom. The van der Waals surface area contributed by atoms with Crippen molar-refractivity contribution in [3.05, 3.63) is 70.8 Å². The van der Waals surface area contributed by atoms with Gasteiger partial charge >= 0.3 is 0 Å². The molecule has 1 amide bonds.